The van der Waals surface area contributed by atoms with Crippen molar-refractivity contribution < 1.29 is 9.18 Å². The van der Waals surface area contributed by atoms with Gasteiger partial charge in [0.15, 0.2) is 5.16 Å². The zero-order valence-corrected chi connectivity index (χ0v) is 18.4. The quantitative estimate of drug-likeness (QED) is 0.322. The molecule has 0 aliphatic rings. The van der Waals surface area contributed by atoms with Crippen LogP contribution in [0.4, 0.5) is 10.1 Å². The van der Waals surface area contributed by atoms with E-state index in [1.54, 1.807) is 54.2 Å². The molecule has 3 aromatic rings. The molecule has 0 saturated heterocycles. The van der Waals surface area contributed by atoms with Crippen molar-refractivity contribution in [1.82, 2.24) is 14.8 Å². The van der Waals surface area contributed by atoms with Gasteiger partial charge in [-0.1, -0.05) is 41.6 Å². The summed E-state index contributed by atoms with van der Waals surface area (Å²) in [5.41, 5.74) is 1.74. The van der Waals surface area contributed by atoms with E-state index < -0.39 is 0 Å². The highest BCUT2D eigenvalue weighted by Gasteiger charge is 2.14. The Kier molecular flexibility index (Phi) is 8.36. The normalized spacial score (nSPS) is 10.7. The molecule has 1 aromatic heterocycles. The van der Waals surface area contributed by atoms with E-state index in [1.807, 2.05) is 4.57 Å². The molecule has 0 atom stereocenters. The van der Waals surface area contributed by atoms with Crippen LogP contribution in [0.15, 0.2) is 66.3 Å². The van der Waals surface area contributed by atoms with Gasteiger partial charge in [-0.3, -0.25) is 4.79 Å². The Morgan fingerprint density at radius 1 is 1.13 bits per heavy atom. The maximum Gasteiger partial charge on any atom is 0.234 e. The number of amides is 1. The van der Waals surface area contributed by atoms with E-state index in [0.717, 1.165) is 17.1 Å². The average molecular weight is 463 g/mol. The van der Waals surface area contributed by atoms with Gasteiger partial charge in [0.2, 0.25) is 5.91 Å². The number of nitrogens with one attached hydrogen (secondary N) is 1. The SMILES string of the molecule is C=CCn1c(CSCc2ccc(F)cc2)nnc1SCC(=O)Nc1ccc(Cl)cc1. The summed E-state index contributed by atoms with van der Waals surface area (Å²) < 4.78 is 15.0. The lowest BCUT2D eigenvalue weighted by Gasteiger charge is -2.08. The van der Waals surface area contributed by atoms with Gasteiger partial charge in [0, 0.05) is 23.0 Å². The third kappa shape index (κ3) is 6.62. The highest BCUT2D eigenvalue weighted by atomic mass is 35.5. The monoisotopic (exact) mass is 462 g/mol. The number of hydrogen-bond acceptors (Lipinski definition) is 5. The van der Waals surface area contributed by atoms with Crippen molar-refractivity contribution in [2.24, 2.45) is 0 Å². The van der Waals surface area contributed by atoms with Crippen molar-refractivity contribution in [1.29, 1.82) is 0 Å². The Hall–Kier alpha value is -2.29. The number of hydrogen-bond donors (Lipinski definition) is 1. The Morgan fingerprint density at radius 3 is 2.57 bits per heavy atom. The van der Waals surface area contributed by atoms with E-state index >= 15 is 0 Å². The third-order valence-electron chi connectivity index (χ3n) is 3.98. The first-order valence-corrected chi connectivity index (χ1v) is 11.6. The summed E-state index contributed by atoms with van der Waals surface area (Å²) in [6.07, 6.45) is 1.77. The molecule has 2 aromatic carbocycles. The maximum absolute atomic E-state index is 13.0. The smallest absolute Gasteiger partial charge is 0.234 e. The number of carbonyl (C=O) groups excluding carboxylic acids is 1. The zero-order valence-electron chi connectivity index (χ0n) is 16.1. The van der Waals surface area contributed by atoms with E-state index in [-0.39, 0.29) is 17.5 Å². The van der Waals surface area contributed by atoms with Crippen molar-refractivity contribution in [3.8, 4) is 0 Å². The number of allylic oxidation sites excluding steroid dienone is 1. The number of nitrogens with zero attached hydrogens (tertiary/aromatic N) is 3. The van der Waals surface area contributed by atoms with Crippen LogP contribution in [-0.2, 0) is 22.8 Å². The second-order valence-corrected chi connectivity index (χ2v) is 8.63. The predicted octanol–water partition coefficient (Wildman–Crippen LogP) is 5.42. The fourth-order valence-electron chi connectivity index (χ4n) is 2.55. The number of anilines is 1. The predicted molar refractivity (Wildman–Crippen MR) is 122 cm³/mol. The average Bonchev–Trinajstić information content (AvgIpc) is 3.12. The van der Waals surface area contributed by atoms with Crippen LogP contribution in [-0.4, -0.2) is 26.4 Å². The molecule has 0 fully saturated rings. The highest BCUT2D eigenvalue weighted by Crippen LogP contribution is 2.22. The minimum atomic E-state index is -0.240. The molecule has 0 aliphatic carbocycles. The van der Waals surface area contributed by atoms with Crippen LogP contribution in [0.2, 0.25) is 5.02 Å². The van der Waals surface area contributed by atoms with Crippen LogP contribution in [0, 0.1) is 5.82 Å². The molecule has 5 nitrogen and oxygen atoms in total. The first kappa shape index (κ1) is 22.4. The number of halogens is 2. The number of carbonyl (C=O) groups is 1. The van der Waals surface area contributed by atoms with E-state index in [1.165, 1.54) is 23.9 Å². The van der Waals surface area contributed by atoms with Gasteiger partial charge in [0.25, 0.3) is 0 Å². The molecular weight excluding hydrogens is 443 g/mol. The molecule has 156 valence electrons. The van der Waals surface area contributed by atoms with Crippen molar-refractivity contribution in [3.05, 3.63) is 83.4 Å². The fourth-order valence-corrected chi connectivity index (χ4v) is 4.37. The lowest BCUT2D eigenvalue weighted by molar-refractivity contribution is -0.113. The van der Waals surface area contributed by atoms with Crippen LogP contribution < -0.4 is 5.32 Å². The van der Waals surface area contributed by atoms with Gasteiger partial charge in [-0.2, -0.15) is 0 Å². The molecule has 1 amide bonds. The molecule has 3 rings (SSSR count). The maximum atomic E-state index is 13.0. The Bertz CT molecular complexity index is 993. The molecule has 0 unspecified atom stereocenters. The van der Waals surface area contributed by atoms with Crippen molar-refractivity contribution in [2.45, 2.75) is 23.2 Å². The minimum Gasteiger partial charge on any atom is -0.325 e. The van der Waals surface area contributed by atoms with Crippen LogP contribution in [0.1, 0.15) is 11.4 Å². The van der Waals surface area contributed by atoms with Gasteiger partial charge in [0.05, 0.1) is 11.5 Å². The third-order valence-corrected chi connectivity index (χ3v) is 6.20. The summed E-state index contributed by atoms with van der Waals surface area (Å²) in [4.78, 5) is 12.2. The Labute approximate surface area is 188 Å². The van der Waals surface area contributed by atoms with Crippen molar-refractivity contribution in [3.63, 3.8) is 0 Å². The fraction of sp³-hybridized carbons (Fsp3) is 0.190. The van der Waals surface area contributed by atoms with Crippen molar-refractivity contribution in [2.75, 3.05) is 11.1 Å². The summed E-state index contributed by atoms with van der Waals surface area (Å²) in [6.45, 7) is 4.35. The van der Waals surface area contributed by atoms with Gasteiger partial charge < -0.3 is 9.88 Å². The van der Waals surface area contributed by atoms with Gasteiger partial charge in [0.1, 0.15) is 11.6 Å². The molecule has 0 spiro atoms. The summed E-state index contributed by atoms with van der Waals surface area (Å²) in [6, 6.07) is 13.4. The van der Waals surface area contributed by atoms with E-state index in [0.29, 0.717) is 28.2 Å². The molecule has 0 radical (unpaired) electrons. The first-order chi connectivity index (χ1) is 14.5. The number of thioether (sulfide) groups is 2. The highest BCUT2D eigenvalue weighted by molar-refractivity contribution is 7.99. The largest absolute Gasteiger partial charge is 0.325 e. The van der Waals surface area contributed by atoms with E-state index in [2.05, 4.69) is 22.1 Å². The van der Waals surface area contributed by atoms with Gasteiger partial charge in [-0.15, -0.1) is 28.5 Å². The van der Waals surface area contributed by atoms with Gasteiger partial charge in [-0.05, 0) is 42.0 Å². The number of rotatable bonds is 10. The molecule has 0 aliphatic heterocycles. The molecule has 0 saturated carbocycles. The minimum absolute atomic E-state index is 0.136. The van der Waals surface area contributed by atoms with Gasteiger partial charge >= 0.3 is 0 Å². The van der Waals surface area contributed by atoms with Crippen LogP contribution in [0.25, 0.3) is 0 Å². The van der Waals surface area contributed by atoms with Crippen LogP contribution in [0.5, 0.6) is 0 Å². The van der Waals surface area contributed by atoms with E-state index in [9.17, 15) is 9.18 Å². The summed E-state index contributed by atoms with van der Waals surface area (Å²) in [7, 11) is 0. The van der Waals surface area contributed by atoms with Crippen molar-refractivity contribution >= 4 is 46.7 Å². The lowest BCUT2D eigenvalue weighted by Crippen LogP contribution is -2.14. The lowest BCUT2D eigenvalue weighted by atomic mass is 10.2. The Morgan fingerprint density at radius 2 is 1.87 bits per heavy atom. The molecule has 30 heavy (non-hydrogen) atoms. The number of aromatic nitrogens is 3. The second kappa shape index (κ2) is 11.2. The Balaban J connectivity index is 1.55. The van der Waals surface area contributed by atoms with E-state index in [4.69, 9.17) is 11.6 Å². The topological polar surface area (TPSA) is 59.8 Å². The van der Waals surface area contributed by atoms with Crippen LogP contribution in [0.3, 0.4) is 0 Å². The number of benzene rings is 2. The zero-order chi connectivity index (χ0) is 21.3. The molecule has 9 heteroatoms. The molecular formula is C21H20ClFN4OS2. The first-order valence-electron chi connectivity index (χ1n) is 9.08. The summed E-state index contributed by atoms with van der Waals surface area (Å²) in [5, 5.41) is 12.6. The summed E-state index contributed by atoms with van der Waals surface area (Å²) in [5.74, 6) is 2.03. The summed E-state index contributed by atoms with van der Waals surface area (Å²) >= 11 is 8.85. The standard InChI is InChI=1S/C21H20ClFN4OS2/c1-2-11-27-19(13-29-12-15-3-7-17(23)8-4-15)25-26-21(27)30-14-20(28)24-18-9-5-16(22)6-10-18/h2-10H,1,11-14H2,(H,24,28). The second-order valence-electron chi connectivity index (χ2n) is 6.26. The molecule has 1 N–H and O–H groups in total. The molecule has 0 bridgehead atoms. The van der Waals surface area contributed by atoms with Crippen LogP contribution >= 0.6 is 35.1 Å². The molecule has 1 heterocycles. The van der Waals surface area contributed by atoms with Gasteiger partial charge in [-0.25, -0.2) is 4.39 Å².